The minimum Gasteiger partial charge on any atom is -0.493 e. The van der Waals surface area contributed by atoms with E-state index in [1.807, 2.05) is 0 Å². The first-order valence-electron chi connectivity index (χ1n) is 8.05. The first-order valence-corrected chi connectivity index (χ1v) is 8.05. The summed E-state index contributed by atoms with van der Waals surface area (Å²) in [5, 5.41) is 2.46. The van der Waals surface area contributed by atoms with Crippen LogP contribution in [0.15, 0.2) is 18.2 Å². The molecule has 1 aromatic carbocycles. The third-order valence-electron chi connectivity index (χ3n) is 3.59. The Morgan fingerprint density at radius 3 is 2.46 bits per heavy atom. The van der Waals surface area contributed by atoms with Crippen molar-refractivity contribution in [1.29, 1.82) is 0 Å². The third kappa shape index (κ3) is 7.20. The number of amides is 2. The lowest BCUT2D eigenvalue weighted by atomic mass is 10.1. The molecule has 0 atom stereocenters. The zero-order chi connectivity index (χ0) is 19.7. The van der Waals surface area contributed by atoms with Crippen molar-refractivity contribution >= 4 is 11.8 Å². The molecule has 0 bridgehead atoms. The highest BCUT2D eigenvalue weighted by atomic mass is 19.4. The fraction of sp³-hybridized carbons (Fsp3) is 0.529. The van der Waals surface area contributed by atoms with Crippen LogP contribution in [0, 0.1) is 0 Å². The molecule has 0 aliphatic carbocycles. The maximum absolute atomic E-state index is 12.3. The van der Waals surface area contributed by atoms with Gasteiger partial charge in [0.1, 0.15) is 0 Å². The number of likely N-dealkylation sites (N-methyl/N-ethyl adjacent to an activating group) is 2. The van der Waals surface area contributed by atoms with Crippen molar-refractivity contribution in [2.24, 2.45) is 0 Å². The number of hydrogen-bond donors (Lipinski definition) is 1. The smallest absolute Gasteiger partial charge is 0.422 e. The lowest BCUT2D eigenvalue weighted by molar-refractivity contribution is -0.153. The fourth-order valence-electron chi connectivity index (χ4n) is 2.18. The van der Waals surface area contributed by atoms with E-state index in [1.165, 1.54) is 31.2 Å². The first-order chi connectivity index (χ1) is 12.2. The Morgan fingerprint density at radius 1 is 1.23 bits per heavy atom. The van der Waals surface area contributed by atoms with Crippen molar-refractivity contribution in [1.82, 2.24) is 10.2 Å². The Morgan fingerprint density at radius 2 is 1.92 bits per heavy atom. The molecule has 9 heteroatoms. The van der Waals surface area contributed by atoms with E-state index in [0.29, 0.717) is 18.5 Å². The number of aryl methyl sites for hydroxylation is 1. The molecule has 0 saturated heterocycles. The van der Waals surface area contributed by atoms with Crippen LogP contribution in [-0.2, 0) is 16.0 Å². The Kier molecular flexibility index (Phi) is 8.21. The Balaban J connectivity index is 2.69. The Hall–Kier alpha value is -2.45. The average Bonchev–Trinajstić information content (AvgIpc) is 2.61. The van der Waals surface area contributed by atoms with Gasteiger partial charge in [-0.25, -0.2) is 0 Å². The molecule has 0 fully saturated rings. The summed E-state index contributed by atoms with van der Waals surface area (Å²) < 4.78 is 46.5. The summed E-state index contributed by atoms with van der Waals surface area (Å²) in [5.41, 5.74) is 0.713. The predicted molar refractivity (Wildman–Crippen MR) is 89.2 cm³/mol. The lowest BCUT2D eigenvalue weighted by Crippen LogP contribution is -2.39. The van der Waals surface area contributed by atoms with Gasteiger partial charge in [-0.2, -0.15) is 13.2 Å². The van der Waals surface area contributed by atoms with Crippen LogP contribution >= 0.6 is 0 Å². The zero-order valence-electron chi connectivity index (χ0n) is 15.0. The maximum atomic E-state index is 12.3. The molecule has 0 heterocycles. The summed E-state index contributed by atoms with van der Waals surface area (Å²) in [6.45, 7) is 0.752. The molecule has 6 nitrogen and oxygen atoms in total. The first kappa shape index (κ1) is 21.6. The second kappa shape index (κ2) is 9.88. The highest BCUT2D eigenvalue weighted by Crippen LogP contribution is 2.30. The monoisotopic (exact) mass is 376 g/mol. The zero-order valence-corrected chi connectivity index (χ0v) is 15.0. The minimum absolute atomic E-state index is 0.0145. The van der Waals surface area contributed by atoms with E-state index in [4.69, 9.17) is 9.47 Å². The summed E-state index contributed by atoms with van der Waals surface area (Å²) in [6, 6.07) is 4.50. The van der Waals surface area contributed by atoms with Gasteiger partial charge in [-0.05, 0) is 31.0 Å². The van der Waals surface area contributed by atoms with Crippen LogP contribution in [0.3, 0.4) is 0 Å². The summed E-state index contributed by atoms with van der Waals surface area (Å²) in [5.74, 6) is -0.299. The Bertz CT molecular complexity index is 621. The second-order valence-corrected chi connectivity index (χ2v) is 5.47. The number of nitrogens with one attached hydrogen (secondary N) is 1. The van der Waals surface area contributed by atoms with Gasteiger partial charge < -0.3 is 19.7 Å². The van der Waals surface area contributed by atoms with E-state index >= 15 is 0 Å². The number of methoxy groups -OCH3 is 1. The number of halogens is 3. The highest BCUT2D eigenvalue weighted by molar-refractivity contribution is 5.84. The largest absolute Gasteiger partial charge is 0.493 e. The summed E-state index contributed by atoms with van der Waals surface area (Å²) >= 11 is 0. The van der Waals surface area contributed by atoms with E-state index in [-0.39, 0.29) is 36.3 Å². The second-order valence-electron chi connectivity index (χ2n) is 5.47. The van der Waals surface area contributed by atoms with E-state index in [9.17, 15) is 22.8 Å². The standard InChI is InChI=1S/C17H23F3N2O4/c1-4-22(10-15(23)21-2)16(24)8-6-12-5-7-13(14(9-12)25-3)26-11-17(18,19)20/h5,7,9H,4,6,8,10-11H2,1-3H3,(H,21,23). The summed E-state index contributed by atoms with van der Waals surface area (Å²) in [4.78, 5) is 25.0. The van der Waals surface area contributed by atoms with Gasteiger partial charge in [-0.1, -0.05) is 6.07 Å². The molecular formula is C17H23F3N2O4. The number of rotatable bonds is 9. The number of benzene rings is 1. The molecule has 146 valence electrons. The number of hydrogen-bond acceptors (Lipinski definition) is 4. The van der Waals surface area contributed by atoms with Crippen molar-refractivity contribution in [3.63, 3.8) is 0 Å². The van der Waals surface area contributed by atoms with Crippen LogP contribution in [0.5, 0.6) is 11.5 Å². The number of carbonyl (C=O) groups is 2. The fourth-order valence-corrected chi connectivity index (χ4v) is 2.18. The highest BCUT2D eigenvalue weighted by Gasteiger charge is 2.29. The third-order valence-corrected chi connectivity index (χ3v) is 3.59. The van der Waals surface area contributed by atoms with Crippen molar-refractivity contribution in [2.45, 2.75) is 25.9 Å². The normalized spacial score (nSPS) is 11.0. The molecule has 1 N–H and O–H groups in total. The number of nitrogens with zero attached hydrogens (tertiary/aromatic N) is 1. The van der Waals surface area contributed by atoms with Gasteiger partial charge in [0, 0.05) is 20.0 Å². The maximum Gasteiger partial charge on any atom is 0.422 e. The molecule has 26 heavy (non-hydrogen) atoms. The molecule has 0 saturated carbocycles. The van der Waals surface area contributed by atoms with Gasteiger partial charge in [0.15, 0.2) is 18.1 Å². The molecule has 1 rings (SSSR count). The molecule has 2 amide bonds. The molecule has 0 unspecified atom stereocenters. The van der Waals surface area contributed by atoms with Crippen LogP contribution in [0.1, 0.15) is 18.9 Å². The number of alkyl halides is 3. The van der Waals surface area contributed by atoms with Gasteiger partial charge >= 0.3 is 6.18 Å². The van der Waals surface area contributed by atoms with E-state index in [0.717, 1.165) is 0 Å². The molecule has 0 spiro atoms. The lowest BCUT2D eigenvalue weighted by Gasteiger charge is -2.20. The van der Waals surface area contributed by atoms with E-state index in [2.05, 4.69) is 5.32 Å². The molecule has 1 aromatic rings. The average molecular weight is 376 g/mol. The van der Waals surface area contributed by atoms with Crippen LogP contribution < -0.4 is 14.8 Å². The quantitative estimate of drug-likeness (QED) is 0.717. The van der Waals surface area contributed by atoms with Gasteiger partial charge in [0.2, 0.25) is 11.8 Å². The molecule has 0 aliphatic rings. The van der Waals surface area contributed by atoms with Crippen molar-refractivity contribution in [3.05, 3.63) is 23.8 Å². The predicted octanol–water partition coefficient (Wildman–Crippen LogP) is 2.16. The van der Waals surface area contributed by atoms with Gasteiger partial charge in [-0.3, -0.25) is 9.59 Å². The molecular weight excluding hydrogens is 353 g/mol. The molecule has 0 radical (unpaired) electrons. The van der Waals surface area contributed by atoms with Crippen LogP contribution in [-0.4, -0.2) is 56.7 Å². The van der Waals surface area contributed by atoms with Gasteiger partial charge in [-0.15, -0.1) is 0 Å². The van der Waals surface area contributed by atoms with Crippen molar-refractivity contribution in [2.75, 3.05) is 33.9 Å². The van der Waals surface area contributed by atoms with Crippen molar-refractivity contribution < 1.29 is 32.2 Å². The van der Waals surface area contributed by atoms with Crippen LogP contribution in [0.2, 0.25) is 0 Å². The van der Waals surface area contributed by atoms with Gasteiger partial charge in [0.25, 0.3) is 0 Å². The minimum atomic E-state index is -4.44. The number of ether oxygens (including phenoxy) is 2. The van der Waals surface area contributed by atoms with Crippen LogP contribution in [0.25, 0.3) is 0 Å². The summed E-state index contributed by atoms with van der Waals surface area (Å²) in [7, 11) is 2.82. The molecule has 0 aromatic heterocycles. The van der Waals surface area contributed by atoms with Crippen LogP contribution in [0.4, 0.5) is 13.2 Å². The van der Waals surface area contributed by atoms with E-state index < -0.39 is 12.8 Å². The topological polar surface area (TPSA) is 67.9 Å². The number of carbonyl (C=O) groups excluding carboxylic acids is 2. The van der Waals surface area contributed by atoms with E-state index in [1.54, 1.807) is 13.0 Å². The van der Waals surface area contributed by atoms with Crippen molar-refractivity contribution in [3.8, 4) is 11.5 Å². The SMILES string of the molecule is CCN(CC(=O)NC)C(=O)CCc1ccc(OCC(F)(F)F)c(OC)c1. The summed E-state index contributed by atoms with van der Waals surface area (Å²) in [6.07, 6.45) is -3.92. The van der Waals surface area contributed by atoms with Gasteiger partial charge in [0.05, 0.1) is 13.7 Å². The Labute approximate surface area is 150 Å². The molecule has 0 aliphatic heterocycles.